The summed E-state index contributed by atoms with van der Waals surface area (Å²) in [4.78, 5) is 57.4. The molecule has 0 aromatic heterocycles. The molecule has 0 spiro atoms. The number of carbonyl (C=O) groups excluding carboxylic acids is 4. The van der Waals surface area contributed by atoms with Crippen LogP contribution in [0.15, 0.2) is 96.1 Å². The van der Waals surface area contributed by atoms with Gasteiger partial charge in [-0.2, -0.15) is 0 Å². The van der Waals surface area contributed by atoms with E-state index in [0.29, 0.717) is 19.4 Å². The van der Waals surface area contributed by atoms with Crippen molar-refractivity contribution in [3.8, 4) is 0 Å². The third kappa shape index (κ3) is 11.1. The Balaban J connectivity index is 1.54. The highest BCUT2D eigenvalue weighted by molar-refractivity contribution is 5.98. The molecule has 3 aromatic carbocycles. The second-order valence-electron chi connectivity index (χ2n) is 12.9. The normalized spacial score (nSPS) is 17.6. The van der Waals surface area contributed by atoms with Gasteiger partial charge in [0, 0.05) is 24.2 Å². The molecule has 11 heteroatoms. The fourth-order valence-corrected chi connectivity index (χ4v) is 5.57. The summed E-state index contributed by atoms with van der Waals surface area (Å²) in [5.74, 6) is -1.62. The molecule has 0 saturated carbocycles. The number of Topliss-reactive ketones (excluding diaryl/α,β-unsaturated/α-hetero) is 1. The number of hydrogen-bond acceptors (Lipinski definition) is 6. The number of benzene rings is 3. The van der Waals surface area contributed by atoms with Gasteiger partial charge in [0.25, 0.3) is 0 Å². The van der Waals surface area contributed by atoms with Crippen molar-refractivity contribution in [1.29, 1.82) is 0 Å². The van der Waals surface area contributed by atoms with Gasteiger partial charge >= 0.3 is 0 Å². The van der Waals surface area contributed by atoms with Crippen LogP contribution in [0.3, 0.4) is 0 Å². The van der Waals surface area contributed by atoms with E-state index < -0.39 is 47.5 Å². The summed E-state index contributed by atoms with van der Waals surface area (Å²) in [6.07, 6.45) is 0.959. The van der Waals surface area contributed by atoms with Crippen molar-refractivity contribution >= 4 is 23.5 Å². The number of azide groups is 1. The third-order valence-electron chi connectivity index (χ3n) is 8.24. The van der Waals surface area contributed by atoms with Crippen LogP contribution in [0.1, 0.15) is 50.3 Å². The first-order valence-electron chi connectivity index (χ1n) is 16.3. The van der Waals surface area contributed by atoms with Crippen molar-refractivity contribution in [2.75, 3.05) is 6.61 Å². The first kappa shape index (κ1) is 35.9. The first-order valence-corrected chi connectivity index (χ1v) is 16.3. The van der Waals surface area contributed by atoms with Crippen molar-refractivity contribution < 1.29 is 23.9 Å². The molecule has 48 heavy (non-hydrogen) atoms. The number of ether oxygens (including phenoxy) is 1. The number of epoxide rings is 1. The van der Waals surface area contributed by atoms with Gasteiger partial charge in [-0.15, -0.1) is 0 Å². The standard InChI is InChI=1S/C37H44N6O5/c1-25(2)19-30(34(45)37(3)24-48-37)40-36(47)32(22-28-17-11-6-12-18-28)41-35(46)31(21-27-15-9-5-10-16-27)39-33(44)23-29(42-43-38)20-26-13-7-4-8-14-26/h4-18,25,29-32H,19-24H2,1-3H3,(H,39,44)(H,40,47)(H,41,46)/t29-,30+,31+,32+,37-/m1/s1. The molecule has 11 nitrogen and oxygen atoms in total. The second-order valence-corrected chi connectivity index (χ2v) is 12.9. The maximum absolute atomic E-state index is 14.0. The van der Waals surface area contributed by atoms with Gasteiger partial charge < -0.3 is 20.7 Å². The summed E-state index contributed by atoms with van der Waals surface area (Å²) in [5.41, 5.74) is 10.8. The van der Waals surface area contributed by atoms with E-state index in [2.05, 4.69) is 26.0 Å². The molecule has 1 saturated heterocycles. The highest BCUT2D eigenvalue weighted by Gasteiger charge is 2.50. The maximum atomic E-state index is 14.0. The van der Waals surface area contributed by atoms with Crippen molar-refractivity contribution in [2.45, 2.75) is 82.6 Å². The average Bonchev–Trinajstić information content (AvgIpc) is 3.83. The second kappa shape index (κ2) is 17.2. The van der Waals surface area contributed by atoms with Crippen LogP contribution in [0.25, 0.3) is 10.4 Å². The lowest BCUT2D eigenvalue weighted by Gasteiger charge is -2.27. The predicted molar refractivity (Wildman–Crippen MR) is 183 cm³/mol. The van der Waals surface area contributed by atoms with E-state index in [1.165, 1.54) is 0 Å². The Hall–Kier alpha value is -4.99. The van der Waals surface area contributed by atoms with Gasteiger partial charge in [0.1, 0.15) is 17.7 Å². The minimum Gasteiger partial charge on any atom is -0.361 e. The maximum Gasteiger partial charge on any atom is 0.243 e. The van der Waals surface area contributed by atoms with Crippen molar-refractivity contribution in [1.82, 2.24) is 16.0 Å². The summed E-state index contributed by atoms with van der Waals surface area (Å²) < 4.78 is 5.39. The molecule has 1 fully saturated rings. The number of nitrogens with zero attached hydrogens (tertiary/aromatic N) is 3. The number of carbonyl (C=O) groups is 4. The summed E-state index contributed by atoms with van der Waals surface area (Å²) in [6.45, 7) is 5.94. The quantitative estimate of drug-likeness (QED) is 0.0787. The molecule has 0 aliphatic carbocycles. The van der Waals surface area contributed by atoms with Gasteiger partial charge in [0.2, 0.25) is 17.7 Å². The van der Waals surface area contributed by atoms with E-state index in [0.717, 1.165) is 16.7 Å². The molecule has 1 aliphatic rings. The highest BCUT2D eigenvalue weighted by atomic mass is 16.6. The van der Waals surface area contributed by atoms with Crippen molar-refractivity contribution in [3.63, 3.8) is 0 Å². The molecule has 5 atom stereocenters. The largest absolute Gasteiger partial charge is 0.361 e. The van der Waals surface area contributed by atoms with E-state index in [1.807, 2.05) is 105 Å². The lowest BCUT2D eigenvalue weighted by atomic mass is 9.93. The van der Waals surface area contributed by atoms with Gasteiger partial charge in [-0.3, -0.25) is 19.2 Å². The molecule has 0 unspecified atom stereocenters. The minimum absolute atomic E-state index is 0.116. The summed E-state index contributed by atoms with van der Waals surface area (Å²) in [5, 5.41) is 12.4. The molecule has 1 aliphatic heterocycles. The Morgan fingerprint density at radius 3 is 1.62 bits per heavy atom. The molecule has 1 heterocycles. The van der Waals surface area contributed by atoms with Crippen molar-refractivity contribution in [2.24, 2.45) is 11.0 Å². The Bertz CT molecular complexity index is 1570. The zero-order valence-electron chi connectivity index (χ0n) is 27.7. The molecule has 0 bridgehead atoms. The zero-order chi connectivity index (χ0) is 34.5. The van der Waals surface area contributed by atoms with E-state index >= 15 is 0 Å². The SMILES string of the molecule is CC(C)C[C@H](NC(=O)[C@H](Cc1ccccc1)NC(=O)[C@H](Cc1ccccc1)NC(=O)C[C@@H](Cc1ccccc1)N=[N+]=[N-])C(=O)[C@@]1(C)CO1. The van der Waals surface area contributed by atoms with Crippen LogP contribution in [-0.4, -0.2) is 59.9 Å². The highest BCUT2D eigenvalue weighted by Crippen LogP contribution is 2.29. The lowest BCUT2D eigenvalue weighted by molar-refractivity contribution is -0.134. The Labute approximate surface area is 281 Å². The van der Waals surface area contributed by atoms with Crippen LogP contribution >= 0.6 is 0 Å². The monoisotopic (exact) mass is 652 g/mol. The van der Waals surface area contributed by atoms with Gasteiger partial charge in [-0.25, -0.2) is 0 Å². The summed E-state index contributed by atoms with van der Waals surface area (Å²) in [7, 11) is 0. The Morgan fingerprint density at radius 2 is 1.19 bits per heavy atom. The lowest BCUT2D eigenvalue weighted by Crippen LogP contribution is -2.57. The van der Waals surface area contributed by atoms with Gasteiger partial charge in [-0.1, -0.05) is 110 Å². The molecule has 0 radical (unpaired) electrons. The van der Waals surface area contributed by atoms with Crippen LogP contribution in [-0.2, 0) is 43.2 Å². The minimum atomic E-state index is -1.04. The summed E-state index contributed by atoms with van der Waals surface area (Å²) in [6, 6.07) is 24.3. The molecule has 3 N–H and O–H groups in total. The van der Waals surface area contributed by atoms with E-state index in [9.17, 15) is 19.2 Å². The van der Waals surface area contributed by atoms with Gasteiger partial charge in [0.05, 0.1) is 18.7 Å². The van der Waals surface area contributed by atoms with Crippen LogP contribution in [0.4, 0.5) is 0 Å². The number of rotatable bonds is 18. The number of ketones is 1. The van der Waals surface area contributed by atoms with Crippen LogP contribution < -0.4 is 16.0 Å². The smallest absolute Gasteiger partial charge is 0.243 e. The van der Waals surface area contributed by atoms with Gasteiger partial charge in [0.15, 0.2) is 5.78 Å². The zero-order valence-corrected chi connectivity index (χ0v) is 27.7. The molecule has 3 aromatic rings. The number of amides is 3. The van der Waals surface area contributed by atoms with Crippen molar-refractivity contribution in [3.05, 3.63) is 118 Å². The summed E-state index contributed by atoms with van der Waals surface area (Å²) >= 11 is 0. The molecule has 252 valence electrons. The third-order valence-corrected chi connectivity index (χ3v) is 8.24. The fourth-order valence-electron chi connectivity index (χ4n) is 5.57. The molecule has 4 rings (SSSR count). The van der Waals surface area contributed by atoms with Crippen LogP contribution in [0.5, 0.6) is 0 Å². The average molecular weight is 653 g/mol. The van der Waals surface area contributed by atoms with E-state index in [-0.39, 0.29) is 31.0 Å². The Kier molecular flexibility index (Phi) is 12.9. The van der Waals surface area contributed by atoms with E-state index in [4.69, 9.17) is 10.3 Å². The fraction of sp³-hybridized carbons (Fsp3) is 0.405. The topological polar surface area (TPSA) is 166 Å². The number of nitrogens with one attached hydrogen (secondary N) is 3. The predicted octanol–water partition coefficient (Wildman–Crippen LogP) is 4.64. The Morgan fingerprint density at radius 1 is 0.750 bits per heavy atom. The van der Waals surface area contributed by atoms with Crippen LogP contribution in [0.2, 0.25) is 0 Å². The molecule has 3 amide bonds. The molecular formula is C37H44N6O5. The molecular weight excluding hydrogens is 608 g/mol. The number of hydrogen-bond donors (Lipinski definition) is 3. The van der Waals surface area contributed by atoms with Crippen LogP contribution in [0, 0.1) is 5.92 Å². The first-order chi connectivity index (χ1) is 23.1. The van der Waals surface area contributed by atoms with Gasteiger partial charge in [-0.05, 0) is 47.9 Å². The van der Waals surface area contributed by atoms with E-state index in [1.54, 1.807) is 6.92 Å².